The number of nitrogens with zero attached hydrogens (tertiary/aromatic N) is 3. The maximum Gasteiger partial charge on any atom is 0.213 e. The third kappa shape index (κ3) is 5.62. The van der Waals surface area contributed by atoms with Gasteiger partial charge in [-0.15, -0.1) is 24.0 Å². The van der Waals surface area contributed by atoms with E-state index in [0.29, 0.717) is 18.2 Å². The van der Waals surface area contributed by atoms with E-state index in [4.69, 9.17) is 9.47 Å². The maximum atomic E-state index is 9.88. The molecule has 0 aliphatic carbocycles. The highest BCUT2D eigenvalue weighted by atomic mass is 127. The number of hydrogen-bond acceptors (Lipinski definition) is 5. The van der Waals surface area contributed by atoms with Crippen LogP contribution < -0.4 is 14.8 Å². The molecule has 0 spiro atoms. The van der Waals surface area contributed by atoms with Gasteiger partial charge in [0, 0.05) is 38.8 Å². The molecule has 1 atom stereocenters. The number of nitrogens with one attached hydrogen (secondary N) is 1. The molecule has 0 radical (unpaired) electrons. The van der Waals surface area contributed by atoms with E-state index in [1.54, 1.807) is 25.4 Å². The molecule has 2 N–H and O–H groups in total. The van der Waals surface area contributed by atoms with E-state index in [2.05, 4.69) is 20.2 Å². The van der Waals surface area contributed by atoms with Gasteiger partial charge >= 0.3 is 0 Å². The first-order valence-electron chi connectivity index (χ1n) is 8.58. The van der Waals surface area contributed by atoms with Crippen LogP contribution in [0.5, 0.6) is 17.4 Å². The predicted molar refractivity (Wildman–Crippen MR) is 115 cm³/mol. The first kappa shape index (κ1) is 21.1. The fourth-order valence-electron chi connectivity index (χ4n) is 2.96. The topological polar surface area (TPSA) is 79.2 Å². The molecule has 1 aliphatic heterocycles. The van der Waals surface area contributed by atoms with Gasteiger partial charge in [0.15, 0.2) is 17.5 Å². The Morgan fingerprint density at radius 2 is 2.22 bits per heavy atom. The fourth-order valence-corrected chi connectivity index (χ4v) is 2.96. The lowest BCUT2D eigenvalue weighted by atomic mass is 10.2. The number of phenolic OH excluding ortho intramolecular Hbond substituents is 1. The summed E-state index contributed by atoms with van der Waals surface area (Å²) in [5.74, 6) is 2.06. The number of hydrogen-bond donors (Lipinski definition) is 2. The van der Waals surface area contributed by atoms with Crippen LogP contribution in [0.1, 0.15) is 12.0 Å². The zero-order valence-electron chi connectivity index (χ0n) is 15.5. The number of benzene rings is 1. The molecule has 0 amide bonds. The van der Waals surface area contributed by atoms with Gasteiger partial charge in [0.05, 0.1) is 13.7 Å². The van der Waals surface area contributed by atoms with Crippen LogP contribution >= 0.6 is 24.0 Å². The summed E-state index contributed by atoms with van der Waals surface area (Å²) in [5.41, 5.74) is 0.949. The fraction of sp³-hybridized carbons (Fsp3) is 0.368. The third-order valence-electron chi connectivity index (χ3n) is 4.28. The van der Waals surface area contributed by atoms with Gasteiger partial charge in [-0.2, -0.15) is 0 Å². The van der Waals surface area contributed by atoms with E-state index in [1.807, 2.05) is 24.3 Å². The Balaban J connectivity index is 0.00000261. The van der Waals surface area contributed by atoms with Crippen molar-refractivity contribution in [3.05, 3.63) is 48.2 Å². The van der Waals surface area contributed by atoms with E-state index in [1.165, 1.54) is 7.11 Å². The highest BCUT2D eigenvalue weighted by molar-refractivity contribution is 14.0. The lowest BCUT2D eigenvalue weighted by Crippen LogP contribution is -2.40. The van der Waals surface area contributed by atoms with Gasteiger partial charge in [-0.25, -0.2) is 4.98 Å². The van der Waals surface area contributed by atoms with Crippen LogP contribution in [-0.4, -0.2) is 54.3 Å². The van der Waals surface area contributed by atoms with Gasteiger partial charge in [-0.1, -0.05) is 12.1 Å². The quantitative estimate of drug-likeness (QED) is 0.386. The van der Waals surface area contributed by atoms with Crippen molar-refractivity contribution in [3.8, 4) is 17.4 Å². The molecular formula is C19H25IN4O3. The number of aromatic nitrogens is 1. The number of pyridine rings is 1. The maximum absolute atomic E-state index is 9.88. The van der Waals surface area contributed by atoms with Crippen molar-refractivity contribution >= 4 is 29.9 Å². The number of methoxy groups -OCH3 is 1. The normalized spacial score (nSPS) is 16.6. The van der Waals surface area contributed by atoms with Crippen LogP contribution in [0, 0.1) is 0 Å². The van der Waals surface area contributed by atoms with Gasteiger partial charge in [-0.3, -0.25) is 4.99 Å². The van der Waals surface area contributed by atoms with Crippen LogP contribution in [0.4, 0.5) is 0 Å². The van der Waals surface area contributed by atoms with Crippen molar-refractivity contribution in [2.75, 3.05) is 27.2 Å². The van der Waals surface area contributed by atoms with Crippen LogP contribution in [0.3, 0.4) is 0 Å². The second-order valence-electron chi connectivity index (χ2n) is 6.05. The molecule has 7 nitrogen and oxygen atoms in total. The molecule has 1 unspecified atom stereocenters. The Bertz CT molecular complexity index is 758. The van der Waals surface area contributed by atoms with Crippen LogP contribution in [0.15, 0.2) is 47.6 Å². The summed E-state index contributed by atoms with van der Waals surface area (Å²) >= 11 is 0. The third-order valence-corrected chi connectivity index (χ3v) is 4.28. The van der Waals surface area contributed by atoms with Crippen molar-refractivity contribution < 1.29 is 14.6 Å². The van der Waals surface area contributed by atoms with E-state index in [0.717, 1.165) is 31.0 Å². The van der Waals surface area contributed by atoms with Crippen LogP contribution in [-0.2, 0) is 6.54 Å². The SMILES string of the molecule is CN=C(NCc1ccc(OC)c(O)c1)N1CCC(Oc2ccccn2)C1.I. The Morgan fingerprint density at radius 3 is 2.89 bits per heavy atom. The minimum Gasteiger partial charge on any atom is -0.504 e. The number of aliphatic imine (C=N–C) groups is 1. The number of likely N-dealkylation sites (tertiary alicyclic amines) is 1. The molecule has 1 saturated heterocycles. The molecule has 1 aromatic heterocycles. The largest absolute Gasteiger partial charge is 0.504 e. The summed E-state index contributed by atoms with van der Waals surface area (Å²) < 4.78 is 11.0. The second-order valence-corrected chi connectivity index (χ2v) is 6.05. The average molecular weight is 484 g/mol. The summed E-state index contributed by atoms with van der Waals surface area (Å²) in [6.45, 7) is 2.18. The van der Waals surface area contributed by atoms with E-state index in [-0.39, 0.29) is 35.8 Å². The van der Waals surface area contributed by atoms with Crippen molar-refractivity contribution in [2.24, 2.45) is 4.99 Å². The molecule has 0 saturated carbocycles. The minimum atomic E-state index is 0. The molecule has 1 fully saturated rings. The number of phenols is 1. The summed E-state index contributed by atoms with van der Waals surface area (Å²) in [7, 11) is 3.30. The smallest absolute Gasteiger partial charge is 0.213 e. The Hall–Kier alpha value is -2.23. The predicted octanol–water partition coefficient (Wildman–Crippen LogP) is 2.64. The summed E-state index contributed by atoms with van der Waals surface area (Å²) in [6.07, 6.45) is 2.74. The zero-order valence-corrected chi connectivity index (χ0v) is 17.8. The van der Waals surface area contributed by atoms with E-state index < -0.39 is 0 Å². The molecule has 27 heavy (non-hydrogen) atoms. The molecule has 1 aromatic carbocycles. The number of halogens is 1. The molecule has 1 aliphatic rings. The minimum absolute atomic E-state index is 0. The van der Waals surface area contributed by atoms with Crippen LogP contribution in [0.25, 0.3) is 0 Å². The van der Waals surface area contributed by atoms with E-state index in [9.17, 15) is 5.11 Å². The molecule has 2 heterocycles. The second kappa shape index (κ2) is 10.2. The molecule has 2 aromatic rings. The molecule has 8 heteroatoms. The summed E-state index contributed by atoms with van der Waals surface area (Å²) in [4.78, 5) is 10.7. The Kier molecular flexibility index (Phi) is 7.96. The number of guanidine groups is 1. The monoisotopic (exact) mass is 484 g/mol. The summed E-state index contributed by atoms with van der Waals surface area (Å²) in [5, 5.41) is 13.2. The average Bonchev–Trinajstić information content (AvgIpc) is 3.11. The number of aromatic hydroxyl groups is 1. The Morgan fingerprint density at radius 1 is 1.37 bits per heavy atom. The molecule has 3 rings (SSSR count). The first-order valence-corrected chi connectivity index (χ1v) is 8.58. The molecular weight excluding hydrogens is 459 g/mol. The van der Waals surface area contributed by atoms with Gasteiger partial charge < -0.3 is 24.8 Å². The lowest BCUT2D eigenvalue weighted by molar-refractivity contribution is 0.205. The first-order chi connectivity index (χ1) is 12.7. The van der Waals surface area contributed by atoms with Crippen molar-refractivity contribution in [2.45, 2.75) is 19.1 Å². The lowest BCUT2D eigenvalue weighted by Gasteiger charge is -2.21. The Labute approximate surface area is 176 Å². The van der Waals surface area contributed by atoms with Crippen molar-refractivity contribution in [1.29, 1.82) is 0 Å². The number of rotatable bonds is 5. The highest BCUT2D eigenvalue weighted by Gasteiger charge is 2.26. The standard InChI is InChI=1S/C19H24N4O3.HI/c1-20-19(22-12-14-6-7-17(25-2)16(24)11-14)23-10-8-15(13-23)26-18-5-3-4-9-21-18;/h3-7,9,11,15,24H,8,10,12-13H2,1-2H3,(H,20,22);1H. The van der Waals surface area contributed by atoms with Crippen molar-refractivity contribution in [3.63, 3.8) is 0 Å². The van der Waals surface area contributed by atoms with Crippen molar-refractivity contribution in [1.82, 2.24) is 15.2 Å². The van der Waals surface area contributed by atoms with Crippen LogP contribution in [0.2, 0.25) is 0 Å². The molecule has 0 bridgehead atoms. The zero-order chi connectivity index (χ0) is 18.4. The van der Waals surface area contributed by atoms with E-state index >= 15 is 0 Å². The van der Waals surface area contributed by atoms with Gasteiger partial charge in [0.25, 0.3) is 0 Å². The van der Waals surface area contributed by atoms with Gasteiger partial charge in [0.1, 0.15) is 6.10 Å². The van der Waals surface area contributed by atoms with Gasteiger partial charge in [-0.05, 0) is 23.8 Å². The number of ether oxygens (including phenoxy) is 2. The summed E-state index contributed by atoms with van der Waals surface area (Å²) in [6, 6.07) is 11.0. The van der Waals surface area contributed by atoms with Gasteiger partial charge in [0.2, 0.25) is 5.88 Å². The highest BCUT2D eigenvalue weighted by Crippen LogP contribution is 2.26. The molecule has 146 valence electrons.